The highest BCUT2D eigenvalue weighted by Gasteiger charge is 2.24. The van der Waals surface area contributed by atoms with Gasteiger partial charge in [0.1, 0.15) is 12.4 Å². The molecule has 2 heterocycles. The standard InChI is InChI=1S/C15H26N6O/c1-5-7-16-15(21-8-6-13(10-21)11-22-4)17-9-14-19-18-12(2)20(14)3/h5,13H,1,6-11H2,2-4H3,(H,16,17). The van der Waals surface area contributed by atoms with E-state index in [0.717, 1.165) is 43.7 Å². The van der Waals surface area contributed by atoms with E-state index in [4.69, 9.17) is 9.73 Å². The van der Waals surface area contributed by atoms with Crippen molar-refractivity contribution in [2.24, 2.45) is 18.0 Å². The summed E-state index contributed by atoms with van der Waals surface area (Å²) < 4.78 is 7.22. The second kappa shape index (κ2) is 7.93. The predicted octanol–water partition coefficient (Wildman–Crippen LogP) is 0.723. The summed E-state index contributed by atoms with van der Waals surface area (Å²) in [5, 5.41) is 11.6. The summed E-state index contributed by atoms with van der Waals surface area (Å²) in [7, 11) is 3.71. The molecule has 1 unspecified atom stereocenters. The van der Waals surface area contributed by atoms with Gasteiger partial charge in [-0.1, -0.05) is 6.08 Å². The highest BCUT2D eigenvalue weighted by atomic mass is 16.5. The van der Waals surface area contributed by atoms with Crippen molar-refractivity contribution in [3.8, 4) is 0 Å². The molecule has 2 rings (SSSR count). The zero-order valence-electron chi connectivity index (χ0n) is 13.7. The molecule has 0 amide bonds. The molecule has 1 aliphatic heterocycles. The maximum absolute atomic E-state index is 5.26. The molecular weight excluding hydrogens is 280 g/mol. The van der Waals surface area contributed by atoms with Crippen LogP contribution in [0.15, 0.2) is 17.6 Å². The van der Waals surface area contributed by atoms with Crippen LogP contribution in [0, 0.1) is 12.8 Å². The molecule has 0 aliphatic carbocycles. The third-order valence-corrected chi connectivity index (χ3v) is 3.95. The van der Waals surface area contributed by atoms with Gasteiger partial charge in [0, 0.05) is 39.7 Å². The van der Waals surface area contributed by atoms with Crippen LogP contribution in [0.2, 0.25) is 0 Å². The number of hydrogen-bond donors (Lipinski definition) is 1. The fourth-order valence-electron chi connectivity index (χ4n) is 2.56. The molecule has 122 valence electrons. The lowest BCUT2D eigenvalue weighted by molar-refractivity contribution is 0.157. The Hall–Kier alpha value is -1.89. The summed E-state index contributed by atoms with van der Waals surface area (Å²) in [5.74, 6) is 3.23. The van der Waals surface area contributed by atoms with E-state index in [-0.39, 0.29) is 0 Å². The van der Waals surface area contributed by atoms with Gasteiger partial charge in [-0.15, -0.1) is 16.8 Å². The number of nitrogens with zero attached hydrogens (tertiary/aromatic N) is 5. The number of aromatic nitrogens is 3. The van der Waals surface area contributed by atoms with E-state index in [1.165, 1.54) is 0 Å². The quantitative estimate of drug-likeness (QED) is 0.477. The normalized spacial score (nSPS) is 18.8. The second-order valence-corrected chi connectivity index (χ2v) is 5.59. The number of hydrogen-bond acceptors (Lipinski definition) is 4. The van der Waals surface area contributed by atoms with Gasteiger partial charge in [-0.25, -0.2) is 4.99 Å². The first kappa shape index (κ1) is 16.5. The van der Waals surface area contributed by atoms with Gasteiger partial charge in [0.25, 0.3) is 0 Å². The molecule has 7 nitrogen and oxygen atoms in total. The molecule has 0 radical (unpaired) electrons. The van der Waals surface area contributed by atoms with Gasteiger partial charge in [-0.2, -0.15) is 0 Å². The maximum Gasteiger partial charge on any atom is 0.194 e. The zero-order chi connectivity index (χ0) is 15.9. The first-order valence-corrected chi connectivity index (χ1v) is 7.63. The van der Waals surface area contributed by atoms with Gasteiger partial charge in [0.05, 0.1) is 6.61 Å². The highest BCUT2D eigenvalue weighted by Crippen LogP contribution is 2.16. The average molecular weight is 306 g/mol. The van der Waals surface area contributed by atoms with Crippen molar-refractivity contribution < 1.29 is 4.74 Å². The Morgan fingerprint density at radius 1 is 1.55 bits per heavy atom. The molecule has 1 aromatic heterocycles. The van der Waals surface area contributed by atoms with Gasteiger partial charge in [0.15, 0.2) is 11.8 Å². The second-order valence-electron chi connectivity index (χ2n) is 5.59. The van der Waals surface area contributed by atoms with Crippen molar-refractivity contribution in [3.05, 3.63) is 24.3 Å². The van der Waals surface area contributed by atoms with Gasteiger partial charge in [-0.05, 0) is 13.3 Å². The van der Waals surface area contributed by atoms with Crippen LogP contribution in [0.25, 0.3) is 0 Å². The number of guanidine groups is 1. The van der Waals surface area contributed by atoms with E-state index >= 15 is 0 Å². The first-order valence-electron chi connectivity index (χ1n) is 7.63. The number of aryl methyl sites for hydroxylation is 1. The Bertz CT molecular complexity index is 524. The van der Waals surface area contributed by atoms with E-state index < -0.39 is 0 Å². The molecule has 0 bridgehead atoms. The Morgan fingerprint density at radius 3 is 3.00 bits per heavy atom. The fraction of sp³-hybridized carbons (Fsp3) is 0.667. The molecule has 1 fully saturated rings. The third-order valence-electron chi connectivity index (χ3n) is 3.95. The van der Waals surface area contributed by atoms with Crippen LogP contribution in [-0.4, -0.2) is 59.0 Å². The van der Waals surface area contributed by atoms with Crippen molar-refractivity contribution in [1.29, 1.82) is 0 Å². The van der Waals surface area contributed by atoms with Gasteiger partial charge < -0.3 is 19.5 Å². The molecule has 0 spiro atoms. The summed E-state index contributed by atoms with van der Waals surface area (Å²) in [6.45, 7) is 9.67. The molecule has 1 saturated heterocycles. The number of aliphatic imine (C=N–C) groups is 1. The van der Waals surface area contributed by atoms with Crippen LogP contribution in [0.4, 0.5) is 0 Å². The zero-order valence-corrected chi connectivity index (χ0v) is 13.7. The summed E-state index contributed by atoms with van der Waals surface area (Å²) in [6, 6.07) is 0. The van der Waals surface area contributed by atoms with E-state index in [0.29, 0.717) is 19.0 Å². The predicted molar refractivity (Wildman–Crippen MR) is 86.6 cm³/mol. The average Bonchev–Trinajstić information content (AvgIpc) is 3.09. The number of nitrogens with one attached hydrogen (secondary N) is 1. The van der Waals surface area contributed by atoms with Crippen molar-refractivity contribution in [3.63, 3.8) is 0 Å². The van der Waals surface area contributed by atoms with Crippen molar-refractivity contribution in [1.82, 2.24) is 25.0 Å². The molecular formula is C15H26N6O. The van der Waals surface area contributed by atoms with E-state index in [1.54, 1.807) is 7.11 Å². The number of ether oxygens (including phenoxy) is 1. The van der Waals surface area contributed by atoms with Crippen LogP contribution in [0.1, 0.15) is 18.1 Å². The minimum atomic E-state index is 0.516. The van der Waals surface area contributed by atoms with Crippen molar-refractivity contribution >= 4 is 5.96 Å². The molecule has 22 heavy (non-hydrogen) atoms. The molecule has 0 aromatic carbocycles. The van der Waals surface area contributed by atoms with Gasteiger partial charge >= 0.3 is 0 Å². The van der Waals surface area contributed by atoms with Crippen LogP contribution < -0.4 is 5.32 Å². The van der Waals surface area contributed by atoms with E-state index in [2.05, 4.69) is 27.0 Å². The minimum Gasteiger partial charge on any atom is -0.384 e. The van der Waals surface area contributed by atoms with Gasteiger partial charge in [0.2, 0.25) is 0 Å². The summed E-state index contributed by atoms with van der Waals surface area (Å²) in [5.41, 5.74) is 0. The number of rotatable bonds is 6. The lowest BCUT2D eigenvalue weighted by atomic mass is 10.1. The van der Waals surface area contributed by atoms with E-state index in [1.807, 2.05) is 24.6 Å². The van der Waals surface area contributed by atoms with Gasteiger partial charge in [-0.3, -0.25) is 0 Å². The van der Waals surface area contributed by atoms with E-state index in [9.17, 15) is 0 Å². The summed E-state index contributed by atoms with van der Waals surface area (Å²) in [6.07, 6.45) is 2.97. The Morgan fingerprint density at radius 2 is 2.36 bits per heavy atom. The SMILES string of the molecule is C=CCNC(=NCc1nnc(C)n1C)N1CCC(COC)C1. The highest BCUT2D eigenvalue weighted by molar-refractivity contribution is 5.80. The number of methoxy groups -OCH3 is 1. The lowest BCUT2D eigenvalue weighted by Gasteiger charge is -2.21. The van der Waals surface area contributed by atoms with Crippen LogP contribution in [0.3, 0.4) is 0 Å². The van der Waals surface area contributed by atoms with Crippen molar-refractivity contribution in [2.75, 3.05) is 33.4 Å². The van der Waals surface area contributed by atoms with Crippen LogP contribution in [0.5, 0.6) is 0 Å². The van der Waals surface area contributed by atoms with Crippen LogP contribution in [-0.2, 0) is 18.3 Å². The minimum absolute atomic E-state index is 0.516. The first-order chi connectivity index (χ1) is 10.7. The summed E-state index contributed by atoms with van der Waals surface area (Å²) >= 11 is 0. The van der Waals surface area contributed by atoms with Crippen LogP contribution >= 0.6 is 0 Å². The smallest absolute Gasteiger partial charge is 0.194 e. The molecule has 1 aliphatic rings. The maximum atomic E-state index is 5.26. The molecule has 1 aromatic rings. The Balaban J connectivity index is 2.03. The molecule has 1 atom stereocenters. The third kappa shape index (κ3) is 4.07. The lowest BCUT2D eigenvalue weighted by Crippen LogP contribution is -2.40. The Kier molecular flexibility index (Phi) is 5.94. The fourth-order valence-corrected chi connectivity index (χ4v) is 2.56. The molecule has 7 heteroatoms. The molecule has 0 saturated carbocycles. The molecule has 1 N–H and O–H groups in total. The Labute approximate surface area is 132 Å². The largest absolute Gasteiger partial charge is 0.384 e. The summed E-state index contributed by atoms with van der Waals surface area (Å²) in [4.78, 5) is 6.98. The monoisotopic (exact) mass is 306 g/mol. The number of likely N-dealkylation sites (tertiary alicyclic amines) is 1. The topological polar surface area (TPSA) is 67.6 Å². The van der Waals surface area contributed by atoms with Crippen molar-refractivity contribution in [2.45, 2.75) is 19.9 Å².